The number of carbonyl (C=O) groups excluding carboxylic acids is 1. The Balaban J connectivity index is 1.87. The lowest BCUT2D eigenvalue weighted by atomic mass is 9.96. The lowest BCUT2D eigenvalue weighted by Gasteiger charge is -2.10. The van der Waals surface area contributed by atoms with Crippen LogP contribution in [0.4, 0.5) is 0 Å². The summed E-state index contributed by atoms with van der Waals surface area (Å²) in [7, 11) is 0. The summed E-state index contributed by atoms with van der Waals surface area (Å²) in [6.45, 7) is 1.55. The Morgan fingerprint density at radius 2 is 1.92 bits per heavy atom. The van der Waals surface area contributed by atoms with Crippen molar-refractivity contribution in [1.82, 2.24) is 0 Å². The average Bonchev–Trinajstić information content (AvgIpc) is 2.92. The van der Waals surface area contributed by atoms with E-state index in [1.807, 2.05) is 0 Å². The van der Waals surface area contributed by atoms with Crippen molar-refractivity contribution < 1.29 is 9.53 Å². The highest BCUT2D eigenvalue weighted by Gasteiger charge is 2.34. The summed E-state index contributed by atoms with van der Waals surface area (Å²) in [5.41, 5.74) is 0. The van der Waals surface area contributed by atoms with E-state index in [0.29, 0.717) is 18.3 Å². The molecule has 2 rings (SSSR count). The van der Waals surface area contributed by atoms with E-state index >= 15 is 0 Å². The van der Waals surface area contributed by atoms with Crippen LogP contribution in [0, 0.1) is 11.8 Å². The Morgan fingerprint density at radius 1 is 1.08 bits per heavy atom. The van der Waals surface area contributed by atoms with E-state index in [1.165, 1.54) is 6.42 Å². The van der Waals surface area contributed by atoms with Crippen molar-refractivity contribution in [1.29, 1.82) is 0 Å². The van der Waals surface area contributed by atoms with Crippen molar-refractivity contribution in [3.63, 3.8) is 0 Å². The van der Waals surface area contributed by atoms with Gasteiger partial charge in [0, 0.05) is 18.4 Å². The van der Waals surface area contributed by atoms with Gasteiger partial charge in [0.2, 0.25) is 0 Å². The van der Waals surface area contributed by atoms with E-state index in [0.717, 1.165) is 32.3 Å². The van der Waals surface area contributed by atoms with Gasteiger partial charge in [-0.3, -0.25) is 4.79 Å². The van der Waals surface area contributed by atoms with Gasteiger partial charge in [-0.15, -0.1) is 0 Å². The van der Waals surface area contributed by atoms with Crippen molar-refractivity contribution in [2.24, 2.45) is 11.8 Å². The maximum Gasteiger partial charge on any atom is 0.141 e. The number of ketones is 1. The molecule has 2 nitrogen and oxygen atoms in total. The first kappa shape index (κ1) is 8.24. The Kier molecular flexibility index (Phi) is 2.45. The average molecular weight is 168 g/mol. The molecule has 1 unspecified atom stereocenters. The van der Waals surface area contributed by atoms with Crippen molar-refractivity contribution >= 4 is 5.78 Å². The second kappa shape index (κ2) is 3.56. The zero-order valence-electron chi connectivity index (χ0n) is 7.42. The van der Waals surface area contributed by atoms with Gasteiger partial charge >= 0.3 is 0 Å². The van der Waals surface area contributed by atoms with Crippen LogP contribution in [-0.4, -0.2) is 19.0 Å². The van der Waals surface area contributed by atoms with Crippen LogP contribution in [0.3, 0.4) is 0 Å². The quantitative estimate of drug-likeness (QED) is 0.628. The molecule has 1 saturated carbocycles. The van der Waals surface area contributed by atoms with E-state index in [9.17, 15) is 4.79 Å². The molecule has 1 heterocycles. The summed E-state index contributed by atoms with van der Waals surface area (Å²) in [5.74, 6) is 1.13. The predicted molar refractivity (Wildman–Crippen MR) is 45.9 cm³/mol. The first-order valence-corrected chi connectivity index (χ1v) is 4.99. The molecule has 1 saturated heterocycles. The summed E-state index contributed by atoms with van der Waals surface area (Å²) in [4.78, 5) is 11.6. The molecule has 0 N–H and O–H groups in total. The van der Waals surface area contributed by atoms with Gasteiger partial charge in [0.25, 0.3) is 0 Å². The van der Waals surface area contributed by atoms with Crippen LogP contribution >= 0.6 is 0 Å². The molecule has 1 aliphatic carbocycles. The second-order valence-electron chi connectivity index (χ2n) is 3.94. The lowest BCUT2D eigenvalue weighted by molar-refractivity contribution is -0.125. The molecule has 0 spiro atoms. The molecular weight excluding hydrogens is 152 g/mol. The fourth-order valence-electron chi connectivity index (χ4n) is 1.83. The van der Waals surface area contributed by atoms with Crippen LogP contribution in [0.1, 0.15) is 32.1 Å². The van der Waals surface area contributed by atoms with Gasteiger partial charge in [0.05, 0.1) is 6.61 Å². The van der Waals surface area contributed by atoms with Crippen LogP contribution in [0.15, 0.2) is 0 Å². The van der Waals surface area contributed by atoms with Crippen LogP contribution in [-0.2, 0) is 9.53 Å². The molecule has 1 aliphatic heterocycles. The van der Waals surface area contributed by atoms with Gasteiger partial charge in [-0.2, -0.15) is 0 Å². The number of ether oxygens (including phenoxy) is 1. The summed E-state index contributed by atoms with van der Waals surface area (Å²) < 4.78 is 5.39. The molecule has 0 aromatic rings. The lowest BCUT2D eigenvalue weighted by Crippen LogP contribution is -2.20. The standard InChI is InChI=1S/C10H16O2/c11-10(8-4-5-8)9-3-1-2-6-12-7-9/h8-9H,1-7H2. The van der Waals surface area contributed by atoms with Gasteiger partial charge in [0.15, 0.2) is 0 Å². The minimum absolute atomic E-state index is 0.236. The minimum Gasteiger partial charge on any atom is -0.381 e. The van der Waals surface area contributed by atoms with E-state index in [1.54, 1.807) is 0 Å². The fourth-order valence-corrected chi connectivity index (χ4v) is 1.83. The summed E-state index contributed by atoms with van der Waals surface area (Å²) >= 11 is 0. The van der Waals surface area contributed by atoms with Crippen LogP contribution in [0.5, 0.6) is 0 Å². The molecule has 0 amide bonds. The first-order valence-electron chi connectivity index (χ1n) is 4.99. The number of rotatable bonds is 2. The zero-order valence-corrected chi connectivity index (χ0v) is 7.42. The Bertz CT molecular complexity index is 165. The van der Waals surface area contributed by atoms with E-state index < -0.39 is 0 Å². The van der Waals surface area contributed by atoms with Crippen molar-refractivity contribution in [3.8, 4) is 0 Å². The van der Waals surface area contributed by atoms with E-state index in [-0.39, 0.29) is 5.92 Å². The van der Waals surface area contributed by atoms with Gasteiger partial charge < -0.3 is 4.74 Å². The second-order valence-corrected chi connectivity index (χ2v) is 3.94. The molecule has 2 fully saturated rings. The van der Waals surface area contributed by atoms with Crippen LogP contribution in [0.25, 0.3) is 0 Å². The SMILES string of the molecule is O=C(C1CC1)C1CCCCOC1. The molecule has 0 bridgehead atoms. The molecule has 0 aromatic heterocycles. The number of hydrogen-bond donors (Lipinski definition) is 0. The minimum atomic E-state index is 0.236. The molecule has 1 atom stereocenters. The van der Waals surface area contributed by atoms with E-state index in [2.05, 4.69) is 0 Å². The zero-order chi connectivity index (χ0) is 8.39. The Morgan fingerprint density at radius 3 is 2.67 bits per heavy atom. The highest BCUT2D eigenvalue weighted by Crippen LogP contribution is 2.34. The maximum absolute atomic E-state index is 11.6. The molecule has 0 aromatic carbocycles. The summed E-state index contributed by atoms with van der Waals surface area (Å²) in [6, 6.07) is 0. The molecule has 12 heavy (non-hydrogen) atoms. The highest BCUT2D eigenvalue weighted by molar-refractivity contribution is 5.85. The third kappa shape index (κ3) is 1.86. The molecule has 68 valence electrons. The van der Waals surface area contributed by atoms with E-state index in [4.69, 9.17) is 4.74 Å². The largest absolute Gasteiger partial charge is 0.381 e. The van der Waals surface area contributed by atoms with Gasteiger partial charge in [-0.05, 0) is 25.7 Å². The van der Waals surface area contributed by atoms with Crippen molar-refractivity contribution in [3.05, 3.63) is 0 Å². The number of Topliss-reactive ketones (excluding diaryl/α,β-unsaturated/α-hetero) is 1. The first-order chi connectivity index (χ1) is 5.88. The molecular formula is C10H16O2. The topological polar surface area (TPSA) is 26.3 Å². The third-order valence-electron chi connectivity index (χ3n) is 2.79. The number of hydrogen-bond acceptors (Lipinski definition) is 2. The molecule has 2 aliphatic rings. The van der Waals surface area contributed by atoms with Gasteiger partial charge in [0.1, 0.15) is 5.78 Å². The van der Waals surface area contributed by atoms with Crippen LogP contribution in [0.2, 0.25) is 0 Å². The Labute approximate surface area is 73.3 Å². The molecule has 2 heteroatoms. The number of carbonyl (C=O) groups is 1. The van der Waals surface area contributed by atoms with Crippen LogP contribution < -0.4 is 0 Å². The maximum atomic E-state index is 11.6. The smallest absolute Gasteiger partial charge is 0.141 e. The predicted octanol–water partition coefficient (Wildman–Crippen LogP) is 1.78. The highest BCUT2D eigenvalue weighted by atomic mass is 16.5. The van der Waals surface area contributed by atoms with Crippen molar-refractivity contribution in [2.45, 2.75) is 32.1 Å². The molecule has 0 radical (unpaired) electrons. The summed E-state index contributed by atoms with van der Waals surface area (Å²) in [6.07, 6.45) is 5.64. The van der Waals surface area contributed by atoms with Gasteiger partial charge in [-0.1, -0.05) is 6.42 Å². The monoisotopic (exact) mass is 168 g/mol. The fraction of sp³-hybridized carbons (Fsp3) is 0.900. The third-order valence-corrected chi connectivity index (χ3v) is 2.79. The van der Waals surface area contributed by atoms with Crippen molar-refractivity contribution in [2.75, 3.05) is 13.2 Å². The normalized spacial score (nSPS) is 31.2. The summed E-state index contributed by atoms with van der Waals surface area (Å²) in [5, 5.41) is 0. The van der Waals surface area contributed by atoms with Gasteiger partial charge in [-0.25, -0.2) is 0 Å². The Hall–Kier alpha value is -0.370.